The van der Waals surface area contributed by atoms with Gasteiger partial charge in [-0.1, -0.05) is 55.0 Å². The zero-order chi connectivity index (χ0) is 19.4. The Hall–Kier alpha value is -2.28. The number of esters is 1. The van der Waals surface area contributed by atoms with Gasteiger partial charge in [-0.25, -0.2) is 4.79 Å². The van der Waals surface area contributed by atoms with Crippen LogP contribution in [0.3, 0.4) is 0 Å². The number of ether oxygens (including phenoxy) is 1. The van der Waals surface area contributed by atoms with Gasteiger partial charge < -0.3 is 9.64 Å². The third kappa shape index (κ3) is 4.18. The van der Waals surface area contributed by atoms with E-state index >= 15 is 0 Å². The van der Waals surface area contributed by atoms with E-state index in [0.717, 1.165) is 24.8 Å². The number of carbonyl (C=O) groups excluding carboxylic acids is 1. The molecule has 0 unspecified atom stereocenters. The van der Waals surface area contributed by atoms with Crippen LogP contribution in [0.5, 0.6) is 0 Å². The molecule has 1 aromatic rings. The molecular formula is C20H24N2O4S. The first kappa shape index (κ1) is 19.5. The predicted octanol–water partition coefficient (Wildman–Crippen LogP) is 3.52. The summed E-state index contributed by atoms with van der Waals surface area (Å²) in [5.41, 5.74) is 0.910. The monoisotopic (exact) mass is 388 g/mol. The van der Waals surface area contributed by atoms with Crippen LogP contribution in [0.25, 0.3) is 0 Å². The summed E-state index contributed by atoms with van der Waals surface area (Å²) in [5.74, 6) is -0.00957. The molecule has 144 valence electrons. The molecule has 1 aliphatic carbocycles. The summed E-state index contributed by atoms with van der Waals surface area (Å²) in [6, 6.07) is 8.01. The van der Waals surface area contributed by atoms with Gasteiger partial charge in [0.15, 0.2) is 4.99 Å². The number of hydrogen-bond donors (Lipinski definition) is 0. The van der Waals surface area contributed by atoms with E-state index in [-0.39, 0.29) is 35.0 Å². The Morgan fingerprint density at radius 1 is 1.41 bits per heavy atom. The highest BCUT2D eigenvalue weighted by atomic mass is 32.1. The standard InChI is InChI=1S/C20H24N2O4S/c1-2-7-17(22(24)25)19(27)21-16-11-6-10-15(16)12-18(21)20(23)26-13-14-8-4-3-5-9-14/h2-5,8-9,15-18H,1,6-7,10-13H2/t15-,16-,17-,18-/m1/s1. The van der Waals surface area contributed by atoms with Crippen molar-refractivity contribution in [2.24, 2.45) is 5.92 Å². The van der Waals surface area contributed by atoms with E-state index in [9.17, 15) is 14.9 Å². The number of likely N-dealkylation sites (tertiary alicyclic amines) is 1. The molecule has 1 saturated heterocycles. The van der Waals surface area contributed by atoms with Crippen molar-refractivity contribution in [1.29, 1.82) is 0 Å². The van der Waals surface area contributed by atoms with Gasteiger partial charge in [0.1, 0.15) is 12.6 Å². The number of carbonyl (C=O) groups is 1. The minimum atomic E-state index is -1.03. The van der Waals surface area contributed by atoms with Gasteiger partial charge >= 0.3 is 5.97 Å². The van der Waals surface area contributed by atoms with Gasteiger partial charge in [0.05, 0.1) is 0 Å². The van der Waals surface area contributed by atoms with E-state index in [1.165, 1.54) is 6.08 Å². The second-order valence-electron chi connectivity index (χ2n) is 7.17. The minimum absolute atomic E-state index is 0.0963. The molecule has 4 atom stereocenters. The van der Waals surface area contributed by atoms with Gasteiger partial charge in [0, 0.05) is 17.4 Å². The van der Waals surface area contributed by atoms with E-state index in [0.29, 0.717) is 12.3 Å². The van der Waals surface area contributed by atoms with Crippen LogP contribution in [0, 0.1) is 16.0 Å². The summed E-state index contributed by atoms with van der Waals surface area (Å²) < 4.78 is 5.53. The molecule has 1 aliphatic heterocycles. The Bertz CT molecular complexity index is 724. The van der Waals surface area contributed by atoms with E-state index in [1.807, 2.05) is 35.2 Å². The topological polar surface area (TPSA) is 72.7 Å². The number of nitrogens with zero attached hydrogens (tertiary/aromatic N) is 2. The lowest BCUT2D eigenvalue weighted by molar-refractivity contribution is -0.502. The lowest BCUT2D eigenvalue weighted by atomic mass is 10.0. The van der Waals surface area contributed by atoms with Gasteiger partial charge in [-0.3, -0.25) is 10.1 Å². The fraction of sp³-hybridized carbons (Fsp3) is 0.500. The molecule has 1 saturated carbocycles. The molecule has 1 aromatic carbocycles. The number of fused-ring (bicyclic) bond motifs is 1. The maximum atomic E-state index is 12.8. The van der Waals surface area contributed by atoms with Crippen LogP contribution in [0.2, 0.25) is 0 Å². The molecule has 0 spiro atoms. The maximum Gasteiger partial charge on any atom is 0.329 e. The Labute approximate surface area is 164 Å². The van der Waals surface area contributed by atoms with E-state index < -0.39 is 12.1 Å². The van der Waals surface area contributed by atoms with Gasteiger partial charge in [-0.05, 0) is 30.7 Å². The highest BCUT2D eigenvalue weighted by molar-refractivity contribution is 7.80. The molecule has 0 aromatic heterocycles. The summed E-state index contributed by atoms with van der Waals surface area (Å²) in [5, 5.41) is 11.5. The molecule has 0 N–H and O–H groups in total. The van der Waals surface area contributed by atoms with Gasteiger partial charge in [0.2, 0.25) is 0 Å². The quantitative estimate of drug-likeness (QED) is 0.234. The summed E-state index contributed by atoms with van der Waals surface area (Å²) in [7, 11) is 0. The average Bonchev–Trinajstić information content (AvgIpc) is 3.25. The molecule has 2 fully saturated rings. The molecule has 27 heavy (non-hydrogen) atoms. The van der Waals surface area contributed by atoms with Crippen LogP contribution >= 0.6 is 12.2 Å². The van der Waals surface area contributed by atoms with Crippen LogP contribution in [0.15, 0.2) is 43.0 Å². The Kier molecular flexibility index (Phi) is 6.21. The normalized spacial score (nSPS) is 24.9. The van der Waals surface area contributed by atoms with Crippen LogP contribution in [0.4, 0.5) is 0 Å². The zero-order valence-corrected chi connectivity index (χ0v) is 16.0. The number of thiocarbonyl (C=S) groups is 1. The maximum absolute atomic E-state index is 12.8. The second kappa shape index (κ2) is 8.61. The van der Waals surface area contributed by atoms with Crippen molar-refractivity contribution >= 4 is 23.2 Å². The van der Waals surface area contributed by atoms with Crippen molar-refractivity contribution in [1.82, 2.24) is 4.90 Å². The van der Waals surface area contributed by atoms with E-state index in [1.54, 1.807) is 0 Å². The zero-order valence-electron chi connectivity index (χ0n) is 15.2. The van der Waals surface area contributed by atoms with Crippen LogP contribution < -0.4 is 0 Å². The van der Waals surface area contributed by atoms with Crippen molar-refractivity contribution in [2.45, 2.75) is 56.8 Å². The Morgan fingerprint density at radius 3 is 2.81 bits per heavy atom. The first-order valence-electron chi connectivity index (χ1n) is 9.30. The smallest absolute Gasteiger partial charge is 0.329 e. The van der Waals surface area contributed by atoms with Crippen molar-refractivity contribution in [3.63, 3.8) is 0 Å². The summed E-state index contributed by atoms with van der Waals surface area (Å²) in [4.78, 5) is 26.0. The molecule has 0 amide bonds. The van der Waals surface area contributed by atoms with Gasteiger partial charge in [0.25, 0.3) is 6.04 Å². The van der Waals surface area contributed by atoms with Crippen molar-refractivity contribution in [3.05, 3.63) is 58.7 Å². The lowest BCUT2D eigenvalue weighted by Crippen LogP contribution is -2.50. The highest BCUT2D eigenvalue weighted by Gasteiger charge is 2.50. The fourth-order valence-electron chi connectivity index (χ4n) is 4.25. The Morgan fingerprint density at radius 2 is 2.15 bits per heavy atom. The third-order valence-corrected chi connectivity index (χ3v) is 6.00. The van der Waals surface area contributed by atoms with Crippen molar-refractivity contribution < 1.29 is 14.5 Å². The third-order valence-electron chi connectivity index (χ3n) is 5.52. The van der Waals surface area contributed by atoms with Crippen molar-refractivity contribution in [3.8, 4) is 0 Å². The molecule has 2 aliphatic rings. The molecular weight excluding hydrogens is 364 g/mol. The molecule has 3 rings (SSSR count). The van der Waals surface area contributed by atoms with Crippen molar-refractivity contribution in [2.75, 3.05) is 0 Å². The predicted molar refractivity (Wildman–Crippen MR) is 106 cm³/mol. The molecule has 7 heteroatoms. The van der Waals surface area contributed by atoms with E-state index in [2.05, 4.69) is 6.58 Å². The number of benzene rings is 1. The summed E-state index contributed by atoms with van der Waals surface area (Å²) in [6.07, 6.45) is 5.31. The molecule has 6 nitrogen and oxygen atoms in total. The minimum Gasteiger partial charge on any atom is -0.459 e. The van der Waals surface area contributed by atoms with Gasteiger partial charge in [-0.2, -0.15) is 0 Å². The largest absolute Gasteiger partial charge is 0.459 e. The average molecular weight is 388 g/mol. The SMILES string of the molecule is C=CC[C@H](C(=S)N1[C@@H](C(=O)OCc2ccccc2)C[C@H]2CCC[C@H]21)[N+](=O)[O-]. The van der Waals surface area contributed by atoms with Crippen LogP contribution in [0.1, 0.15) is 37.7 Å². The van der Waals surface area contributed by atoms with Crippen LogP contribution in [-0.4, -0.2) is 38.9 Å². The van der Waals surface area contributed by atoms with Crippen LogP contribution in [-0.2, 0) is 16.1 Å². The fourth-order valence-corrected chi connectivity index (χ4v) is 4.69. The summed E-state index contributed by atoms with van der Waals surface area (Å²) in [6.45, 7) is 3.79. The lowest BCUT2D eigenvalue weighted by Gasteiger charge is -2.31. The molecule has 1 heterocycles. The summed E-state index contributed by atoms with van der Waals surface area (Å²) >= 11 is 5.50. The first-order chi connectivity index (χ1) is 13.0. The first-order valence-corrected chi connectivity index (χ1v) is 9.71. The number of nitro groups is 1. The number of hydrogen-bond acceptors (Lipinski definition) is 5. The Balaban J connectivity index is 1.75. The molecule has 0 radical (unpaired) electrons. The van der Waals surface area contributed by atoms with Gasteiger partial charge in [-0.15, -0.1) is 6.58 Å². The molecule has 0 bridgehead atoms. The van der Waals surface area contributed by atoms with E-state index in [4.69, 9.17) is 17.0 Å². The number of rotatable bonds is 7. The highest BCUT2D eigenvalue weighted by Crippen LogP contribution is 2.42. The second-order valence-corrected chi connectivity index (χ2v) is 7.59.